The molecule has 2 aromatic rings. The molecule has 0 radical (unpaired) electrons. The fraction of sp³-hybridized carbons (Fsp3) is 0.0714. The zero-order valence-electron chi connectivity index (χ0n) is 10.4. The predicted molar refractivity (Wildman–Crippen MR) is 75.7 cm³/mol. The molecular formula is C14H9BrFN3O. The van der Waals surface area contributed by atoms with Gasteiger partial charge < -0.3 is 5.32 Å². The lowest BCUT2D eigenvalue weighted by Crippen LogP contribution is -2.13. The van der Waals surface area contributed by atoms with Crippen molar-refractivity contribution in [1.29, 1.82) is 5.26 Å². The number of hydrogen-bond donors (Lipinski definition) is 1. The predicted octanol–water partition coefficient (Wildman–Crippen LogP) is 3.42. The average molecular weight is 334 g/mol. The van der Waals surface area contributed by atoms with Crippen LogP contribution >= 0.6 is 15.9 Å². The van der Waals surface area contributed by atoms with Crippen LogP contribution in [0.15, 0.2) is 35.1 Å². The summed E-state index contributed by atoms with van der Waals surface area (Å²) in [6.07, 6.45) is 1.48. The third kappa shape index (κ3) is 3.00. The van der Waals surface area contributed by atoms with Crippen LogP contribution in [-0.2, 0) is 0 Å². The van der Waals surface area contributed by atoms with E-state index in [9.17, 15) is 9.18 Å². The number of rotatable bonds is 2. The van der Waals surface area contributed by atoms with Crippen LogP contribution in [0.25, 0.3) is 0 Å². The molecule has 1 aromatic carbocycles. The van der Waals surface area contributed by atoms with Gasteiger partial charge in [-0.2, -0.15) is 5.26 Å². The van der Waals surface area contributed by atoms with Gasteiger partial charge in [-0.1, -0.05) is 0 Å². The standard InChI is InChI=1S/C14H9BrFN3O/c1-8-11(16)4-9(7-17)5-12(8)19-14(20)10-2-3-18-13(15)6-10/h2-6H,1H3,(H,19,20). The first-order chi connectivity index (χ1) is 9.51. The van der Waals surface area contributed by atoms with Crippen LogP contribution in [0.3, 0.4) is 0 Å². The second-order valence-electron chi connectivity index (χ2n) is 4.06. The van der Waals surface area contributed by atoms with Crippen molar-refractivity contribution in [2.75, 3.05) is 5.32 Å². The Hall–Kier alpha value is -2.26. The molecule has 0 saturated carbocycles. The van der Waals surface area contributed by atoms with Gasteiger partial charge in [-0.05, 0) is 47.1 Å². The molecule has 100 valence electrons. The minimum Gasteiger partial charge on any atom is -0.322 e. The molecular weight excluding hydrogens is 325 g/mol. The van der Waals surface area contributed by atoms with Crippen molar-refractivity contribution < 1.29 is 9.18 Å². The fourth-order valence-electron chi connectivity index (χ4n) is 1.61. The summed E-state index contributed by atoms with van der Waals surface area (Å²) in [7, 11) is 0. The summed E-state index contributed by atoms with van der Waals surface area (Å²) in [5.74, 6) is -0.930. The van der Waals surface area contributed by atoms with E-state index in [0.717, 1.165) is 6.07 Å². The van der Waals surface area contributed by atoms with Crippen LogP contribution in [0.4, 0.5) is 10.1 Å². The number of pyridine rings is 1. The number of nitrogens with zero attached hydrogens (tertiary/aromatic N) is 2. The van der Waals surface area contributed by atoms with Gasteiger partial charge in [-0.15, -0.1) is 0 Å². The lowest BCUT2D eigenvalue weighted by Gasteiger charge is -2.09. The van der Waals surface area contributed by atoms with E-state index in [1.807, 2.05) is 6.07 Å². The van der Waals surface area contributed by atoms with Crippen LogP contribution in [0.2, 0.25) is 0 Å². The number of benzene rings is 1. The van der Waals surface area contributed by atoms with Crippen LogP contribution in [0.1, 0.15) is 21.5 Å². The molecule has 1 heterocycles. The van der Waals surface area contributed by atoms with Gasteiger partial charge in [0.2, 0.25) is 0 Å². The Balaban J connectivity index is 2.33. The molecule has 0 saturated heterocycles. The maximum Gasteiger partial charge on any atom is 0.255 e. The third-order valence-corrected chi connectivity index (χ3v) is 3.14. The van der Waals surface area contributed by atoms with Crippen LogP contribution in [0, 0.1) is 24.1 Å². The number of aromatic nitrogens is 1. The maximum atomic E-state index is 13.6. The van der Waals surface area contributed by atoms with Crippen LogP contribution in [0.5, 0.6) is 0 Å². The van der Waals surface area contributed by atoms with Gasteiger partial charge in [0.05, 0.1) is 11.6 Å². The molecule has 1 aromatic heterocycles. The van der Waals surface area contributed by atoms with Crippen molar-refractivity contribution in [3.05, 3.63) is 57.6 Å². The number of carbonyl (C=O) groups excluding carboxylic acids is 1. The molecule has 20 heavy (non-hydrogen) atoms. The summed E-state index contributed by atoms with van der Waals surface area (Å²) >= 11 is 3.17. The Morgan fingerprint density at radius 2 is 2.20 bits per heavy atom. The molecule has 0 atom stereocenters. The van der Waals surface area contributed by atoms with Crippen molar-refractivity contribution in [2.24, 2.45) is 0 Å². The summed E-state index contributed by atoms with van der Waals surface area (Å²) in [5.41, 5.74) is 1.10. The van der Waals surface area contributed by atoms with E-state index in [0.29, 0.717) is 10.2 Å². The van der Waals surface area contributed by atoms with Gasteiger partial charge in [0.1, 0.15) is 10.4 Å². The number of nitrogens with one attached hydrogen (secondary N) is 1. The molecule has 0 fully saturated rings. The lowest BCUT2D eigenvalue weighted by atomic mass is 10.1. The summed E-state index contributed by atoms with van der Waals surface area (Å²) < 4.78 is 14.2. The minimum atomic E-state index is -0.532. The molecule has 0 unspecified atom stereocenters. The lowest BCUT2D eigenvalue weighted by molar-refractivity contribution is 0.102. The Bertz CT molecular complexity index is 725. The van der Waals surface area contributed by atoms with E-state index < -0.39 is 11.7 Å². The zero-order chi connectivity index (χ0) is 14.7. The monoisotopic (exact) mass is 333 g/mol. The van der Waals surface area contributed by atoms with Crippen molar-refractivity contribution in [1.82, 2.24) is 4.98 Å². The van der Waals surface area contributed by atoms with E-state index in [-0.39, 0.29) is 16.8 Å². The molecule has 0 bridgehead atoms. The number of hydrogen-bond acceptors (Lipinski definition) is 3. The van der Waals surface area contributed by atoms with Gasteiger partial charge in [0.15, 0.2) is 0 Å². The third-order valence-electron chi connectivity index (χ3n) is 2.71. The first-order valence-electron chi connectivity index (χ1n) is 5.64. The molecule has 1 N–H and O–H groups in total. The minimum absolute atomic E-state index is 0.152. The van der Waals surface area contributed by atoms with Crippen LogP contribution in [-0.4, -0.2) is 10.9 Å². The van der Waals surface area contributed by atoms with Crippen molar-refractivity contribution in [3.8, 4) is 6.07 Å². The number of halogens is 2. The first-order valence-corrected chi connectivity index (χ1v) is 6.43. The smallest absolute Gasteiger partial charge is 0.255 e. The fourth-order valence-corrected chi connectivity index (χ4v) is 1.98. The number of anilines is 1. The topological polar surface area (TPSA) is 65.8 Å². The van der Waals surface area contributed by atoms with E-state index in [2.05, 4.69) is 26.2 Å². The highest BCUT2D eigenvalue weighted by Gasteiger charge is 2.12. The van der Waals surface area contributed by atoms with E-state index in [1.54, 1.807) is 12.1 Å². The van der Waals surface area contributed by atoms with E-state index in [1.165, 1.54) is 19.2 Å². The second kappa shape index (κ2) is 5.80. The van der Waals surface area contributed by atoms with E-state index in [4.69, 9.17) is 5.26 Å². The largest absolute Gasteiger partial charge is 0.322 e. The normalized spacial score (nSPS) is 9.90. The Morgan fingerprint density at radius 1 is 1.45 bits per heavy atom. The highest BCUT2D eigenvalue weighted by molar-refractivity contribution is 9.10. The average Bonchev–Trinajstić information content (AvgIpc) is 2.43. The molecule has 0 aliphatic rings. The Labute approximate surface area is 123 Å². The van der Waals surface area contributed by atoms with Gasteiger partial charge >= 0.3 is 0 Å². The van der Waals surface area contributed by atoms with Crippen molar-refractivity contribution >= 4 is 27.5 Å². The highest BCUT2D eigenvalue weighted by atomic mass is 79.9. The van der Waals surface area contributed by atoms with Gasteiger partial charge in [0.25, 0.3) is 5.91 Å². The SMILES string of the molecule is Cc1c(F)cc(C#N)cc1NC(=O)c1ccnc(Br)c1. The number of carbonyl (C=O) groups is 1. The molecule has 0 aliphatic carbocycles. The zero-order valence-corrected chi connectivity index (χ0v) is 12.0. The summed E-state index contributed by atoms with van der Waals surface area (Å²) in [6, 6.07) is 7.51. The number of nitriles is 1. The van der Waals surface area contributed by atoms with Gasteiger partial charge in [-0.3, -0.25) is 4.79 Å². The molecule has 6 heteroatoms. The number of amides is 1. The summed E-state index contributed by atoms with van der Waals surface area (Å²) in [6.45, 7) is 1.54. The second-order valence-corrected chi connectivity index (χ2v) is 4.88. The highest BCUT2D eigenvalue weighted by Crippen LogP contribution is 2.21. The van der Waals surface area contributed by atoms with Gasteiger partial charge in [-0.25, -0.2) is 9.37 Å². The molecule has 0 spiro atoms. The molecule has 2 rings (SSSR count). The molecule has 0 aliphatic heterocycles. The molecule has 4 nitrogen and oxygen atoms in total. The van der Waals surface area contributed by atoms with Gasteiger partial charge in [0, 0.05) is 23.0 Å². The molecule has 1 amide bonds. The maximum absolute atomic E-state index is 13.6. The Kier molecular flexibility index (Phi) is 4.11. The first kappa shape index (κ1) is 14.2. The van der Waals surface area contributed by atoms with Crippen molar-refractivity contribution in [3.63, 3.8) is 0 Å². The quantitative estimate of drug-likeness (QED) is 0.856. The van der Waals surface area contributed by atoms with Crippen LogP contribution < -0.4 is 5.32 Å². The van der Waals surface area contributed by atoms with E-state index >= 15 is 0 Å². The summed E-state index contributed by atoms with van der Waals surface area (Å²) in [5, 5.41) is 11.4. The summed E-state index contributed by atoms with van der Waals surface area (Å²) in [4.78, 5) is 16.0. The Morgan fingerprint density at radius 3 is 2.85 bits per heavy atom. The van der Waals surface area contributed by atoms with Crippen molar-refractivity contribution in [2.45, 2.75) is 6.92 Å².